The molecular formula is C12H14BrN3O3. The molecule has 0 atom stereocenters. The standard InChI is InChI=1S/C12H14BrN3O3/c1-16(12(18)19)6-9-8(13)4-5-10(14-9)15-11(17)7-2-3-7/h4-5,7H,2-3,6H2,1H3,(H,18,19)(H,14,15,17). The van der Waals surface area contributed by atoms with Crippen molar-refractivity contribution in [2.75, 3.05) is 12.4 Å². The van der Waals surface area contributed by atoms with Gasteiger partial charge in [-0.3, -0.25) is 4.79 Å². The number of nitrogens with one attached hydrogen (secondary N) is 1. The maximum absolute atomic E-state index is 11.6. The lowest BCUT2D eigenvalue weighted by molar-refractivity contribution is -0.117. The molecule has 0 unspecified atom stereocenters. The van der Waals surface area contributed by atoms with Crippen LogP contribution in [-0.2, 0) is 11.3 Å². The first-order valence-electron chi connectivity index (χ1n) is 5.87. The van der Waals surface area contributed by atoms with E-state index in [0.717, 1.165) is 17.7 Å². The van der Waals surface area contributed by atoms with Crippen LogP contribution >= 0.6 is 15.9 Å². The van der Waals surface area contributed by atoms with Crippen LogP contribution in [0.1, 0.15) is 18.5 Å². The highest BCUT2D eigenvalue weighted by Crippen LogP contribution is 2.30. The van der Waals surface area contributed by atoms with Crippen molar-refractivity contribution in [3.05, 3.63) is 22.3 Å². The number of hydrogen-bond donors (Lipinski definition) is 2. The van der Waals surface area contributed by atoms with Crippen LogP contribution < -0.4 is 5.32 Å². The summed E-state index contributed by atoms with van der Waals surface area (Å²) in [5.41, 5.74) is 0.568. The number of rotatable bonds is 4. The number of aromatic nitrogens is 1. The number of nitrogens with zero attached hydrogens (tertiary/aromatic N) is 2. The molecule has 1 aromatic rings. The lowest BCUT2D eigenvalue weighted by Crippen LogP contribution is -2.25. The fourth-order valence-electron chi connectivity index (χ4n) is 1.53. The Morgan fingerprint density at radius 3 is 2.79 bits per heavy atom. The normalized spacial score (nSPS) is 14.0. The fourth-order valence-corrected chi connectivity index (χ4v) is 1.88. The largest absolute Gasteiger partial charge is 0.465 e. The van der Waals surface area contributed by atoms with Gasteiger partial charge < -0.3 is 15.3 Å². The zero-order chi connectivity index (χ0) is 14.0. The van der Waals surface area contributed by atoms with Gasteiger partial charge in [0, 0.05) is 17.4 Å². The third-order valence-electron chi connectivity index (χ3n) is 2.83. The van der Waals surface area contributed by atoms with Crippen LogP contribution in [0.25, 0.3) is 0 Å². The van der Waals surface area contributed by atoms with Gasteiger partial charge >= 0.3 is 6.09 Å². The van der Waals surface area contributed by atoms with Gasteiger partial charge in [-0.25, -0.2) is 9.78 Å². The second-order valence-electron chi connectivity index (χ2n) is 4.53. The number of carbonyl (C=O) groups excluding carboxylic acids is 1. The Bertz CT molecular complexity index is 517. The van der Waals surface area contributed by atoms with Gasteiger partial charge in [0.05, 0.1) is 12.2 Å². The molecule has 7 heteroatoms. The maximum Gasteiger partial charge on any atom is 0.407 e. The third-order valence-corrected chi connectivity index (χ3v) is 3.55. The predicted octanol–water partition coefficient (Wildman–Crippen LogP) is 2.30. The van der Waals surface area contributed by atoms with Crippen molar-refractivity contribution < 1.29 is 14.7 Å². The van der Waals surface area contributed by atoms with Gasteiger partial charge in [0.15, 0.2) is 0 Å². The zero-order valence-electron chi connectivity index (χ0n) is 10.4. The Labute approximate surface area is 118 Å². The van der Waals surface area contributed by atoms with Crippen molar-refractivity contribution in [2.45, 2.75) is 19.4 Å². The second kappa shape index (κ2) is 5.56. The Balaban J connectivity index is 2.09. The molecule has 1 aliphatic carbocycles. The fraction of sp³-hybridized carbons (Fsp3) is 0.417. The van der Waals surface area contributed by atoms with Crippen molar-refractivity contribution >= 4 is 33.7 Å². The molecule has 1 aliphatic rings. The molecule has 0 aromatic carbocycles. The summed E-state index contributed by atoms with van der Waals surface area (Å²) in [7, 11) is 1.46. The van der Waals surface area contributed by atoms with Crippen LogP contribution in [0.4, 0.5) is 10.6 Å². The Hall–Kier alpha value is -1.63. The summed E-state index contributed by atoms with van der Waals surface area (Å²) in [6.07, 6.45) is 0.828. The summed E-state index contributed by atoms with van der Waals surface area (Å²) in [4.78, 5) is 27.8. The van der Waals surface area contributed by atoms with E-state index in [1.54, 1.807) is 12.1 Å². The Morgan fingerprint density at radius 1 is 1.53 bits per heavy atom. The minimum atomic E-state index is -1.03. The Kier molecular flexibility index (Phi) is 4.04. The van der Waals surface area contributed by atoms with Crippen LogP contribution in [0.15, 0.2) is 16.6 Å². The van der Waals surface area contributed by atoms with Gasteiger partial charge in [-0.2, -0.15) is 0 Å². The summed E-state index contributed by atoms with van der Waals surface area (Å²) < 4.78 is 0.713. The molecule has 102 valence electrons. The highest BCUT2D eigenvalue weighted by Gasteiger charge is 2.29. The van der Waals surface area contributed by atoms with E-state index in [-0.39, 0.29) is 18.4 Å². The summed E-state index contributed by atoms with van der Waals surface area (Å²) in [6.45, 7) is 0.156. The molecule has 1 fully saturated rings. The smallest absolute Gasteiger partial charge is 0.407 e. The predicted molar refractivity (Wildman–Crippen MR) is 72.8 cm³/mol. The van der Waals surface area contributed by atoms with Crippen LogP contribution in [0.2, 0.25) is 0 Å². The number of pyridine rings is 1. The van der Waals surface area contributed by atoms with E-state index in [1.165, 1.54) is 7.05 Å². The molecule has 0 bridgehead atoms. The van der Waals surface area contributed by atoms with Gasteiger partial charge in [0.1, 0.15) is 5.82 Å². The molecule has 0 saturated heterocycles. The molecule has 6 nitrogen and oxygen atoms in total. The first kappa shape index (κ1) is 13.8. The lowest BCUT2D eigenvalue weighted by Gasteiger charge is -2.14. The van der Waals surface area contributed by atoms with E-state index in [2.05, 4.69) is 26.2 Å². The highest BCUT2D eigenvalue weighted by molar-refractivity contribution is 9.10. The van der Waals surface area contributed by atoms with Gasteiger partial charge in [-0.15, -0.1) is 0 Å². The van der Waals surface area contributed by atoms with Crippen LogP contribution in [-0.4, -0.2) is 34.0 Å². The molecule has 0 spiro atoms. The number of halogens is 1. The molecule has 1 heterocycles. The van der Waals surface area contributed by atoms with E-state index in [1.807, 2.05) is 0 Å². The first-order chi connectivity index (χ1) is 8.97. The summed E-state index contributed by atoms with van der Waals surface area (Å²) in [5.74, 6) is 0.539. The van der Waals surface area contributed by atoms with E-state index < -0.39 is 6.09 Å². The number of carboxylic acid groups (broad SMARTS) is 1. The number of amides is 2. The average Bonchev–Trinajstić information content (AvgIpc) is 3.17. The van der Waals surface area contributed by atoms with E-state index in [0.29, 0.717) is 16.0 Å². The first-order valence-corrected chi connectivity index (χ1v) is 6.67. The van der Waals surface area contributed by atoms with Crippen molar-refractivity contribution in [1.29, 1.82) is 0 Å². The summed E-state index contributed by atoms with van der Waals surface area (Å²) >= 11 is 3.32. The van der Waals surface area contributed by atoms with E-state index >= 15 is 0 Å². The Morgan fingerprint density at radius 2 is 2.21 bits per heavy atom. The minimum absolute atomic E-state index is 0.0210. The van der Waals surface area contributed by atoms with Crippen LogP contribution in [0.5, 0.6) is 0 Å². The zero-order valence-corrected chi connectivity index (χ0v) is 12.0. The average molecular weight is 328 g/mol. The molecule has 1 aromatic heterocycles. The second-order valence-corrected chi connectivity index (χ2v) is 5.38. The molecular weight excluding hydrogens is 314 g/mol. The molecule has 2 rings (SSSR count). The van der Waals surface area contributed by atoms with Gasteiger partial charge in [0.25, 0.3) is 0 Å². The number of carbonyl (C=O) groups is 2. The molecule has 0 radical (unpaired) electrons. The summed E-state index contributed by atoms with van der Waals surface area (Å²) in [5, 5.41) is 11.6. The quantitative estimate of drug-likeness (QED) is 0.888. The van der Waals surface area contributed by atoms with Crippen molar-refractivity contribution in [3.63, 3.8) is 0 Å². The van der Waals surface area contributed by atoms with Crippen molar-refractivity contribution in [3.8, 4) is 0 Å². The SMILES string of the molecule is CN(Cc1nc(NC(=O)C2CC2)ccc1Br)C(=O)O. The number of hydrogen-bond acceptors (Lipinski definition) is 3. The minimum Gasteiger partial charge on any atom is -0.465 e. The lowest BCUT2D eigenvalue weighted by atomic mass is 10.3. The van der Waals surface area contributed by atoms with Gasteiger partial charge in [-0.1, -0.05) is 0 Å². The number of anilines is 1. The summed E-state index contributed by atoms with van der Waals surface area (Å²) in [6, 6.07) is 3.44. The molecule has 1 saturated carbocycles. The topological polar surface area (TPSA) is 82.5 Å². The third kappa shape index (κ3) is 3.66. The highest BCUT2D eigenvalue weighted by atomic mass is 79.9. The molecule has 0 aliphatic heterocycles. The van der Waals surface area contributed by atoms with Crippen molar-refractivity contribution in [1.82, 2.24) is 9.88 Å². The van der Waals surface area contributed by atoms with Crippen molar-refractivity contribution in [2.24, 2.45) is 5.92 Å². The molecule has 2 amide bonds. The van der Waals surface area contributed by atoms with E-state index in [4.69, 9.17) is 5.11 Å². The van der Waals surface area contributed by atoms with E-state index in [9.17, 15) is 9.59 Å². The van der Waals surface area contributed by atoms with Crippen LogP contribution in [0.3, 0.4) is 0 Å². The van der Waals surface area contributed by atoms with Crippen LogP contribution in [0, 0.1) is 5.92 Å². The molecule has 2 N–H and O–H groups in total. The monoisotopic (exact) mass is 327 g/mol. The molecule has 19 heavy (non-hydrogen) atoms. The van der Waals surface area contributed by atoms with Gasteiger partial charge in [0.2, 0.25) is 5.91 Å². The van der Waals surface area contributed by atoms with Gasteiger partial charge in [-0.05, 0) is 40.9 Å². The maximum atomic E-state index is 11.6.